The lowest BCUT2D eigenvalue weighted by Gasteiger charge is -2.09. The highest BCUT2D eigenvalue weighted by molar-refractivity contribution is 7.51. The molecule has 0 fully saturated rings. The Balaban J connectivity index is 1.40. The molecule has 0 aliphatic carbocycles. The third-order valence-corrected chi connectivity index (χ3v) is 7.64. The molecule has 0 aliphatic heterocycles. The molecule has 1 aromatic heterocycles. The zero-order valence-corrected chi connectivity index (χ0v) is 21.4. The number of thiazole rings is 1. The van der Waals surface area contributed by atoms with Gasteiger partial charge in [0.05, 0.1) is 5.69 Å². The van der Waals surface area contributed by atoms with Crippen LogP contribution in [0.4, 0.5) is 0 Å². The lowest BCUT2D eigenvalue weighted by molar-refractivity contribution is 0.371. The van der Waals surface area contributed by atoms with Crippen molar-refractivity contribution in [3.05, 3.63) is 106 Å². The van der Waals surface area contributed by atoms with Crippen molar-refractivity contribution in [1.29, 1.82) is 0 Å². The second-order valence-electron chi connectivity index (χ2n) is 8.59. The van der Waals surface area contributed by atoms with Gasteiger partial charge < -0.3 is 9.79 Å². The quantitative estimate of drug-likeness (QED) is 0.187. The summed E-state index contributed by atoms with van der Waals surface area (Å²) in [6.45, 7) is 0.712. The minimum absolute atomic E-state index is 0.0171. The number of hydrogen-bond acceptors (Lipinski definition) is 3. The van der Waals surface area contributed by atoms with E-state index in [1.54, 1.807) is 11.3 Å². The highest BCUT2D eigenvalue weighted by Gasteiger charge is 2.11. The summed E-state index contributed by atoms with van der Waals surface area (Å²) in [5.74, 6) is 0. The van der Waals surface area contributed by atoms with Crippen LogP contribution in [0.15, 0.2) is 95.3 Å². The van der Waals surface area contributed by atoms with E-state index in [1.165, 1.54) is 16.7 Å². The van der Waals surface area contributed by atoms with Crippen LogP contribution in [0, 0.1) is 0 Å². The lowest BCUT2D eigenvalue weighted by atomic mass is 10.0. The molecule has 182 valence electrons. The van der Waals surface area contributed by atoms with Gasteiger partial charge in [-0.15, -0.1) is 11.3 Å². The lowest BCUT2D eigenvalue weighted by Crippen LogP contribution is -2.15. The average Bonchev–Trinajstić information content (AvgIpc) is 3.29. The molecule has 0 aliphatic rings. The topological polar surface area (TPSA) is 74.8 Å². The Morgan fingerprint density at radius 3 is 2.06 bits per heavy atom. The van der Waals surface area contributed by atoms with Gasteiger partial charge in [-0.1, -0.05) is 79.2 Å². The third-order valence-electron chi connectivity index (χ3n) is 5.88. The maximum atomic E-state index is 10.9. The molecule has 35 heavy (non-hydrogen) atoms. The summed E-state index contributed by atoms with van der Waals surface area (Å²) < 4.78 is 13.2. The van der Waals surface area contributed by atoms with Crippen molar-refractivity contribution in [2.45, 2.75) is 32.1 Å². The van der Waals surface area contributed by atoms with Crippen molar-refractivity contribution in [1.82, 2.24) is 4.57 Å². The molecular weight excluding hydrogens is 475 g/mol. The van der Waals surface area contributed by atoms with Gasteiger partial charge in [-0.2, -0.15) is 0 Å². The van der Waals surface area contributed by atoms with Crippen LogP contribution in [0.3, 0.4) is 0 Å². The number of rotatable bonds is 11. The Kier molecular flexibility index (Phi) is 8.89. The fraction of sp³-hybridized carbons (Fsp3) is 0.250. The number of benzene rings is 3. The maximum Gasteiger partial charge on any atom is 0.325 e. The van der Waals surface area contributed by atoms with E-state index < -0.39 is 7.60 Å². The maximum absolute atomic E-state index is 10.9. The normalized spacial score (nSPS) is 12.2. The minimum atomic E-state index is -3.86. The first-order valence-electron chi connectivity index (χ1n) is 11.9. The molecule has 7 heteroatoms. The highest BCUT2D eigenvalue weighted by Crippen LogP contribution is 2.35. The summed E-state index contributed by atoms with van der Waals surface area (Å²) >= 11 is 1.67. The SMILES string of the molecule is O=P(O)(O)CCCCCc1ccc(CCN=c2scc(-c3ccccc3)n2-c2ccccc2)cc1. The zero-order valence-electron chi connectivity index (χ0n) is 19.7. The van der Waals surface area contributed by atoms with Crippen molar-refractivity contribution in [3.63, 3.8) is 0 Å². The molecule has 3 aromatic carbocycles. The van der Waals surface area contributed by atoms with Gasteiger partial charge in [-0.05, 0) is 54.5 Å². The van der Waals surface area contributed by atoms with Gasteiger partial charge in [-0.25, -0.2) is 0 Å². The molecule has 0 spiro atoms. The Hall–Kier alpha value is -2.76. The first-order chi connectivity index (χ1) is 17.0. The van der Waals surface area contributed by atoms with Gasteiger partial charge in [-0.3, -0.25) is 14.1 Å². The molecule has 0 saturated heterocycles. The zero-order chi connectivity index (χ0) is 24.5. The third kappa shape index (κ3) is 7.61. The second-order valence-corrected chi connectivity index (χ2v) is 11.2. The molecule has 2 N–H and O–H groups in total. The van der Waals surface area contributed by atoms with Crippen LogP contribution in [0.2, 0.25) is 0 Å². The summed E-state index contributed by atoms with van der Waals surface area (Å²) in [5, 5.41) is 2.18. The van der Waals surface area contributed by atoms with Gasteiger partial charge in [0.1, 0.15) is 0 Å². The Morgan fingerprint density at radius 2 is 1.40 bits per heavy atom. The minimum Gasteiger partial charge on any atom is -0.324 e. The predicted octanol–water partition coefficient (Wildman–Crippen LogP) is 6.24. The van der Waals surface area contributed by atoms with Crippen LogP contribution < -0.4 is 4.80 Å². The van der Waals surface area contributed by atoms with E-state index in [0.29, 0.717) is 13.0 Å². The van der Waals surface area contributed by atoms with E-state index in [9.17, 15) is 4.57 Å². The summed E-state index contributed by atoms with van der Waals surface area (Å²) in [7, 11) is -3.86. The van der Waals surface area contributed by atoms with Crippen LogP contribution in [-0.2, 0) is 17.4 Å². The molecule has 0 bridgehead atoms. The molecule has 0 unspecified atom stereocenters. The number of nitrogens with zero attached hydrogens (tertiary/aromatic N) is 2. The fourth-order valence-corrected chi connectivity index (χ4v) is 5.60. The fourth-order valence-electron chi connectivity index (χ4n) is 4.03. The van der Waals surface area contributed by atoms with Crippen molar-refractivity contribution in [3.8, 4) is 16.9 Å². The second kappa shape index (κ2) is 12.3. The van der Waals surface area contributed by atoms with Crippen LogP contribution in [0.1, 0.15) is 30.4 Å². The van der Waals surface area contributed by atoms with Crippen LogP contribution in [-0.4, -0.2) is 27.1 Å². The van der Waals surface area contributed by atoms with Crippen molar-refractivity contribution >= 4 is 18.9 Å². The molecule has 0 amide bonds. The smallest absolute Gasteiger partial charge is 0.324 e. The van der Waals surface area contributed by atoms with E-state index in [0.717, 1.165) is 41.9 Å². The van der Waals surface area contributed by atoms with Gasteiger partial charge in [0.2, 0.25) is 0 Å². The van der Waals surface area contributed by atoms with E-state index in [2.05, 4.69) is 82.7 Å². The van der Waals surface area contributed by atoms with Gasteiger partial charge in [0.15, 0.2) is 4.80 Å². The van der Waals surface area contributed by atoms with Crippen molar-refractivity contribution in [2.75, 3.05) is 12.7 Å². The number of para-hydroxylation sites is 1. The predicted molar refractivity (Wildman–Crippen MR) is 144 cm³/mol. The molecule has 4 rings (SSSR count). The highest BCUT2D eigenvalue weighted by atomic mass is 32.1. The van der Waals surface area contributed by atoms with Crippen LogP contribution in [0.25, 0.3) is 16.9 Å². The first-order valence-corrected chi connectivity index (χ1v) is 14.6. The van der Waals surface area contributed by atoms with Crippen molar-refractivity contribution in [2.24, 2.45) is 4.99 Å². The monoisotopic (exact) mass is 506 g/mol. The van der Waals surface area contributed by atoms with E-state index in [-0.39, 0.29) is 6.16 Å². The average molecular weight is 507 g/mol. The first kappa shape index (κ1) is 25.3. The Labute approximate surface area is 210 Å². The van der Waals surface area contributed by atoms with Crippen LogP contribution in [0.5, 0.6) is 0 Å². The Morgan fingerprint density at radius 1 is 0.771 bits per heavy atom. The molecule has 0 atom stereocenters. The molecule has 5 nitrogen and oxygen atoms in total. The molecule has 1 heterocycles. The van der Waals surface area contributed by atoms with E-state index >= 15 is 0 Å². The van der Waals surface area contributed by atoms with E-state index in [1.807, 2.05) is 12.1 Å². The van der Waals surface area contributed by atoms with Gasteiger partial charge in [0.25, 0.3) is 0 Å². The number of aryl methyl sites for hydroxylation is 1. The summed E-state index contributed by atoms with van der Waals surface area (Å²) in [6.07, 6.45) is 4.13. The van der Waals surface area contributed by atoms with Gasteiger partial charge in [0, 0.05) is 23.8 Å². The van der Waals surface area contributed by atoms with Crippen molar-refractivity contribution < 1.29 is 14.4 Å². The molecule has 0 radical (unpaired) electrons. The molecule has 4 aromatic rings. The van der Waals surface area contributed by atoms with Crippen LogP contribution >= 0.6 is 18.9 Å². The van der Waals surface area contributed by atoms with Gasteiger partial charge >= 0.3 is 7.60 Å². The standard InChI is InChI=1S/C28H31N2O3PS/c31-34(32,33)21-9-3-4-10-23-15-17-24(18-16-23)19-20-29-28-30(26-13-7-2-8-14-26)27(22-35-28)25-11-5-1-6-12-25/h1-2,5-8,11-18,22H,3-4,9-10,19-21H2,(H2,31,32,33). The summed E-state index contributed by atoms with van der Waals surface area (Å²) in [6, 6.07) is 29.4. The van der Waals surface area contributed by atoms with E-state index in [4.69, 9.17) is 14.8 Å². The Bertz CT molecular complexity index is 1310. The number of unbranched alkanes of at least 4 members (excludes halogenated alkanes) is 2. The number of hydrogen-bond donors (Lipinski definition) is 2. The summed E-state index contributed by atoms with van der Waals surface area (Å²) in [5.41, 5.74) is 5.94. The number of aromatic nitrogens is 1. The summed E-state index contributed by atoms with van der Waals surface area (Å²) in [4.78, 5) is 23.8. The molecular formula is C28H31N2O3PS. The molecule has 0 saturated carbocycles. The largest absolute Gasteiger partial charge is 0.325 e.